The Morgan fingerprint density at radius 3 is 2.94 bits per heavy atom. The molecule has 4 nitrogen and oxygen atoms in total. The lowest BCUT2D eigenvalue weighted by Gasteiger charge is -2.13. The van der Waals surface area contributed by atoms with Crippen molar-refractivity contribution in [2.24, 2.45) is 0 Å². The molecule has 0 saturated carbocycles. The summed E-state index contributed by atoms with van der Waals surface area (Å²) in [6.45, 7) is 0. The molecular weight excluding hydrogens is 316 g/mol. The van der Waals surface area contributed by atoms with Crippen LogP contribution in [0, 0.1) is 0 Å². The fraction of sp³-hybridized carbons (Fsp3) is 0.500. The van der Waals surface area contributed by atoms with Crippen molar-refractivity contribution in [2.45, 2.75) is 37.4 Å². The summed E-state index contributed by atoms with van der Waals surface area (Å²) >= 11 is 5.05. The first-order valence-electron chi connectivity index (χ1n) is 6.04. The average molecular weight is 327 g/mol. The Morgan fingerprint density at radius 2 is 2.28 bits per heavy atom. The predicted molar refractivity (Wildman–Crippen MR) is 70.6 cm³/mol. The van der Waals surface area contributed by atoms with E-state index in [9.17, 15) is 0 Å². The molecule has 2 aliphatic rings. The minimum Gasteiger partial charge on any atom is -0.374 e. The number of ether oxygens (including phenoxy) is 1. The molecule has 0 amide bonds. The molecule has 6 heteroatoms. The van der Waals surface area contributed by atoms with Gasteiger partial charge in [-0.3, -0.25) is 0 Å². The molecule has 0 radical (unpaired) electrons. The average Bonchev–Trinajstić information content (AvgIpc) is 3.12. The summed E-state index contributed by atoms with van der Waals surface area (Å²) in [5, 5.41) is 4.08. The van der Waals surface area contributed by atoms with Crippen LogP contribution in [0.1, 0.15) is 31.1 Å². The van der Waals surface area contributed by atoms with E-state index in [-0.39, 0.29) is 0 Å². The molecule has 4 heterocycles. The maximum atomic E-state index is 5.83. The van der Waals surface area contributed by atoms with Crippen molar-refractivity contribution >= 4 is 27.3 Å². The van der Waals surface area contributed by atoms with E-state index in [2.05, 4.69) is 26.1 Å². The van der Waals surface area contributed by atoms with E-state index in [0.717, 1.165) is 27.4 Å². The Hall–Kier alpha value is -0.720. The van der Waals surface area contributed by atoms with E-state index in [0.29, 0.717) is 24.0 Å². The van der Waals surface area contributed by atoms with Gasteiger partial charge in [0, 0.05) is 0 Å². The molecule has 2 bridgehead atoms. The SMILES string of the molecule is Brc1ccc(-c2noc([C@H]3C[C@H]4CC[C@H]3O4)n2)s1. The molecule has 2 aromatic rings. The van der Waals surface area contributed by atoms with E-state index in [1.165, 1.54) is 6.42 Å². The molecule has 2 saturated heterocycles. The fourth-order valence-corrected chi connectivity index (χ4v) is 4.13. The number of hydrogen-bond acceptors (Lipinski definition) is 5. The van der Waals surface area contributed by atoms with Gasteiger partial charge in [-0.05, 0) is 47.3 Å². The highest BCUT2D eigenvalue weighted by Gasteiger charge is 2.44. The molecule has 0 spiro atoms. The summed E-state index contributed by atoms with van der Waals surface area (Å²) in [5.41, 5.74) is 0. The molecule has 18 heavy (non-hydrogen) atoms. The van der Waals surface area contributed by atoms with Gasteiger partial charge in [0.2, 0.25) is 11.7 Å². The monoisotopic (exact) mass is 326 g/mol. The first-order chi connectivity index (χ1) is 8.79. The maximum absolute atomic E-state index is 5.83. The minimum atomic E-state index is 0.290. The first-order valence-corrected chi connectivity index (χ1v) is 7.65. The summed E-state index contributed by atoms with van der Waals surface area (Å²) in [4.78, 5) is 5.56. The van der Waals surface area contributed by atoms with E-state index >= 15 is 0 Å². The molecule has 2 aliphatic heterocycles. The lowest BCUT2D eigenvalue weighted by atomic mass is 9.89. The zero-order valence-corrected chi connectivity index (χ0v) is 11.9. The van der Waals surface area contributed by atoms with Gasteiger partial charge in [0.05, 0.1) is 26.8 Å². The van der Waals surface area contributed by atoms with Gasteiger partial charge < -0.3 is 9.26 Å². The summed E-state index contributed by atoms with van der Waals surface area (Å²) < 4.78 is 12.3. The van der Waals surface area contributed by atoms with Crippen LogP contribution in [-0.4, -0.2) is 22.3 Å². The van der Waals surface area contributed by atoms with Crippen LogP contribution >= 0.6 is 27.3 Å². The first kappa shape index (κ1) is 11.1. The Bertz CT molecular complexity index is 582. The van der Waals surface area contributed by atoms with Gasteiger partial charge in [-0.1, -0.05) is 5.16 Å². The second-order valence-electron chi connectivity index (χ2n) is 4.78. The molecule has 0 N–H and O–H groups in total. The molecule has 0 unspecified atom stereocenters. The summed E-state index contributed by atoms with van der Waals surface area (Å²) in [6.07, 6.45) is 4.03. The van der Waals surface area contributed by atoms with Crippen molar-refractivity contribution in [3.8, 4) is 10.7 Å². The lowest BCUT2D eigenvalue weighted by molar-refractivity contribution is 0.0974. The maximum Gasteiger partial charge on any atom is 0.232 e. The highest BCUT2D eigenvalue weighted by Crippen LogP contribution is 2.44. The van der Waals surface area contributed by atoms with Crippen LogP contribution in [0.3, 0.4) is 0 Å². The number of rotatable bonds is 2. The van der Waals surface area contributed by atoms with Gasteiger partial charge in [0.1, 0.15) is 0 Å². The van der Waals surface area contributed by atoms with Crippen LogP contribution in [0.2, 0.25) is 0 Å². The van der Waals surface area contributed by atoms with Gasteiger partial charge in [-0.2, -0.15) is 4.98 Å². The molecule has 94 valence electrons. The molecule has 3 atom stereocenters. The topological polar surface area (TPSA) is 48.2 Å². The Morgan fingerprint density at radius 1 is 1.33 bits per heavy atom. The molecule has 4 rings (SSSR count). The largest absolute Gasteiger partial charge is 0.374 e. The number of aromatic nitrogens is 2. The smallest absolute Gasteiger partial charge is 0.232 e. The second-order valence-corrected chi connectivity index (χ2v) is 7.24. The van der Waals surface area contributed by atoms with Crippen molar-refractivity contribution in [3.63, 3.8) is 0 Å². The van der Waals surface area contributed by atoms with Crippen molar-refractivity contribution in [2.75, 3.05) is 0 Å². The summed E-state index contributed by atoms with van der Waals surface area (Å²) in [5.74, 6) is 1.72. The summed E-state index contributed by atoms with van der Waals surface area (Å²) in [6, 6.07) is 4.00. The number of hydrogen-bond donors (Lipinski definition) is 0. The highest BCUT2D eigenvalue weighted by molar-refractivity contribution is 9.11. The number of thiophene rings is 1. The highest BCUT2D eigenvalue weighted by atomic mass is 79.9. The van der Waals surface area contributed by atoms with Crippen molar-refractivity contribution in [1.29, 1.82) is 0 Å². The molecule has 2 fully saturated rings. The van der Waals surface area contributed by atoms with Gasteiger partial charge in [0.25, 0.3) is 0 Å². The lowest BCUT2D eigenvalue weighted by Crippen LogP contribution is -2.14. The van der Waals surface area contributed by atoms with E-state index in [4.69, 9.17) is 9.26 Å². The third-order valence-corrected chi connectivity index (χ3v) is 5.28. The van der Waals surface area contributed by atoms with Crippen LogP contribution in [0.5, 0.6) is 0 Å². The number of fused-ring (bicyclic) bond motifs is 2. The predicted octanol–water partition coefficient (Wildman–Crippen LogP) is 3.60. The van der Waals surface area contributed by atoms with Crippen LogP contribution < -0.4 is 0 Å². The van der Waals surface area contributed by atoms with Crippen molar-refractivity contribution < 1.29 is 9.26 Å². The molecule has 2 aromatic heterocycles. The fourth-order valence-electron chi connectivity index (χ4n) is 2.82. The minimum absolute atomic E-state index is 0.290. The zero-order valence-electron chi connectivity index (χ0n) is 9.51. The van der Waals surface area contributed by atoms with Crippen molar-refractivity contribution in [1.82, 2.24) is 10.1 Å². The van der Waals surface area contributed by atoms with Gasteiger partial charge in [0.15, 0.2) is 0 Å². The number of halogens is 1. The van der Waals surface area contributed by atoms with Crippen LogP contribution in [0.4, 0.5) is 0 Å². The van der Waals surface area contributed by atoms with Crippen molar-refractivity contribution in [3.05, 3.63) is 21.8 Å². The third-order valence-electron chi connectivity index (χ3n) is 3.66. The molecule has 0 aromatic carbocycles. The van der Waals surface area contributed by atoms with Gasteiger partial charge >= 0.3 is 0 Å². The summed E-state index contributed by atoms with van der Waals surface area (Å²) in [7, 11) is 0. The second kappa shape index (κ2) is 4.15. The van der Waals surface area contributed by atoms with E-state index in [1.54, 1.807) is 11.3 Å². The van der Waals surface area contributed by atoms with Gasteiger partial charge in [-0.25, -0.2) is 0 Å². The normalized spacial score (nSPS) is 30.2. The van der Waals surface area contributed by atoms with Crippen LogP contribution in [0.25, 0.3) is 10.7 Å². The standard InChI is InChI=1S/C12H11BrN2O2S/c13-10-4-3-9(18-10)11-14-12(17-15-11)7-5-6-1-2-8(7)16-6/h3-4,6-8H,1-2,5H2/t6-,7+,8-/m1/s1. The van der Waals surface area contributed by atoms with E-state index in [1.807, 2.05) is 12.1 Å². The molecule has 0 aliphatic carbocycles. The Labute approximate surface area is 116 Å². The van der Waals surface area contributed by atoms with Crippen LogP contribution in [-0.2, 0) is 4.74 Å². The van der Waals surface area contributed by atoms with E-state index < -0.39 is 0 Å². The number of nitrogens with zero attached hydrogens (tertiary/aromatic N) is 2. The third kappa shape index (κ3) is 1.74. The quantitative estimate of drug-likeness (QED) is 0.846. The van der Waals surface area contributed by atoms with Crippen LogP contribution in [0.15, 0.2) is 20.4 Å². The Kier molecular flexibility index (Phi) is 2.56. The van der Waals surface area contributed by atoms with Gasteiger partial charge in [-0.15, -0.1) is 11.3 Å². The zero-order chi connectivity index (χ0) is 12.1. The Balaban J connectivity index is 1.62. The molecular formula is C12H11BrN2O2S.